The molecule has 2 heterocycles. The lowest BCUT2D eigenvalue weighted by Crippen LogP contribution is -2.49. The van der Waals surface area contributed by atoms with Gasteiger partial charge in [0.1, 0.15) is 0 Å². The van der Waals surface area contributed by atoms with Crippen LogP contribution in [0, 0.1) is 6.92 Å². The maximum atomic E-state index is 12.7. The molecular weight excluding hydrogens is 332 g/mol. The van der Waals surface area contributed by atoms with Crippen molar-refractivity contribution < 1.29 is 4.79 Å². The number of carbonyl (C=O) groups excluding carboxylic acids is 1. The number of hydrogen-bond donors (Lipinski definition) is 1. The molecule has 1 aliphatic carbocycles. The first kappa shape index (κ1) is 17.9. The molecule has 1 fully saturated rings. The van der Waals surface area contributed by atoms with Crippen molar-refractivity contribution >= 4 is 23.2 Å². The van der Waals surface area contributed by atoms with Crippen LogP contribution in [0.1, 0.15) is 54.6 Å². The van der Waals surface area contributed by atoms with Gasteiger partial charge in [-0.25, -0.2) is 5.01 Å². The van der Waals surface area contributed by atoms with E-state index in [1.54, 1.807) is 11.2 Å². The minimum atomic E-state index is -0.0378. The minimum Gasteiger partial charge on any atom is -0.361 e. The molecule has 0 bridgehead atoms. The van der Waals surface area contributed by atoms with Gasteiger partial charge in [0, 0.05) is 31.5 Å². The van der Waals surface area contributed by atoms with E-state index >= 15 is 0 Å². The van der Waals surface area contributed by atoms with Crippen LogP contribution < -0.4 is 5.32 Å². The van der Waals surface area contributed by atoms with E-state index < -0.39 is 0 Å². The zero-order valence-corrected chi connectivity index (χ0v) is 15.6. The average molecular weight is 359 g/mol. The summed E-state index contributed by atoms with van der Waals surface area (Å²) < 4.78 is 0. The molecule has 0 saturated carbocycles. The topological polar surface area (TPSA) is 48.5 Å². The molecule has 134 valence electrons. The van der Waals surface area contributed by atoms with Gasteiger partial charge in [0.2, 0.25) is 0 Å². The summed E-state index contributed by atoms with van der Waals surface area (Å²) in [6, 6.07) is 3.69. The Balaban J connectivity index is 1.55. The fraction of sp³-hybridized carbons (Fsp3) is 0.526. The SMILES string of the molecule is Cc1ccc(C(=O)N2CCCN2C(=S)NCCC2=CCCCC2)cn1. The van der Waals surface area contributed by atoms with Crippen molar-refractivity contribution in [1.82, 2.24) is 20.3 Å². The van der Waals surface area contributed by atoms with Crippen LogP contribution in [0.15, 0.2) is 30.0 Å². The second-order valence-corrected chi connectivity index (χ2v) is 7.07. The molecule has 0 aromatic carbocycles. The van der Waals surface area contributed by atoms with Crippen molar-refractivity contribution in [3.63, 3.8) is 0 Å². The molecule has 1 amide bonds. The lowest BCUT2D eigenvalue weighted by atomic mass is 9.97. The molecule has 1 saturated heterocycles. The minimum absolute atomic E-state index is 0.0378. The summed E-state index contributed by atoms with van der Waals surface area (Å²) >= 11 is 5.53. The number of hydrogen-bond acceptors (Lipinski definition) is 3. The predicted molar refractivity (Wildman–Crippen MR) is 103 cm³/mol. The quantitative estimate of drug-likeness (QED) is 0.661. The van der Waals surface area contributed by atoms with Crippen LogP contribution in [-0.2, 0) is 0 Å². The van der Waals surface area contributed by atoms with E-state index in [0.29, 0.717) is 17.2 Å². The number of amides is 1. The van der Waals surface area contributed by atoms with Crippen molar-refractivity contribution in [3.05, 3.63) is 41.2 Å². The van der Waals surface area contributed by atoms with E-state index in [4.69, 9.17) is 12.2 Å². The third kappa shape index (κ3) is 4.57. The lowest BCUT2D eigenvalue weighted by Gasteiger charge is -2.30. The highest BCUT2D eigenvalue weighted by atomic mass is 32.1. The van der Waals surface area contributed by atoms with Crippen LogP contribution in [0.25, 0.3) is 0 Å². The van der Waals surface area contributed by atoms with Gasteiger partial charge >= 0.3 is 0 Å². The monoisotopic (exact) mass is 358 g/mol. The normalized spacial score (nSPS) is 17.4. The van der Waals surface area contributed by atoms with E-state index in [9.17, 15) is 4.79 Å². The Kier molecular flexibility index (Phi) is 6.02. The molecule has 1 aromatic heterocycles. The second kappa shape index (κ2) is 8.43. The largest absolute Gasteiger partial charge is 0.361 e. The van der Waals surface area contributed by atoms with Gasteiger partial charge in [-0.2, -0.15) is 0 Å². The molecule has 5 nitrogen and oxygen atoms in total. The number of carbonyl (C=O) groups is 1. The van der Waals surface area contributed by atoms with Crippen LogP contribution in [0.5, 0.6) is 0 Å². The molecule has 6 heteroatoms. The van der Waals surface area contributed by atoms with Gasteiger partial charge in [-0.05, 0) is 69.8 Å². The number of aromatic nitrogens is 1. The zero-order chi connectivity index (χ0) is 17.6. The number of nitrogens with one attached hydrogen (secondary N) is 1. The summed E-state index contributed by atoms with van der Waals surface area (Å²) in [5.41, 5.74) is 3.04. The summed E-state index contributed by atoms with van der Waals surface area (Å²) in [7, 11) is 0. The summed E-state index contributed by atoms with van der Waals surface area (Å²) in [5.74, 6) is -0.0378. The van der Waals surface area contributed by atoms with E-state index in [1.807, 2.05) is 24.1 Å². The Labute approximate surface area is 155 Å². The zero-order valence-electron chi connectivity index (χ0n) is 14.8. The van der Waals surface area contributed by atoms with Gasteiger partial charge in [-0.15, -0.1) is 0 Å². The molecule has 0 radical (unpaired) electrons. The Hall–Kier alpha value is -1.95. The number of aryl methyl sites for hydroxylation is 1. The van der Waals surface area contributed by atoms with Crippen LogP contribution in [0.4, 0.5) is 0 Å². The van der Waals surface area contributed by atoms with Crippen molar-refractivity contribution in [2.45, 2.75) is 45.4 Å². The van der Waals surface area contributed by atoms with Crippen LogP contribution in [0.2, 0.25) is 0 Å². The number of allylic oxidation sites excluding steroid dienone is 1. The van der Waals surface area contributed by atoms with Gasteiger partial charge in [-0.1, -0.05) is 11.6 Å². The number of thiocarbonyl (C=S) groups is 1. The second-order valence-electron chi connectivity index (χ2n) is 6.68. The number of nitrogens with zero attached hydrogens (tertiary/aromatic N) is 3. The number of hydrazine groups is 1. The molecule has 0 unspecified atom stereocenters. The Morgan fingerprint density at radius 2 is 2.08 bits per heavy atom. The molecule has 1 aliphatic heterocycles. The molecule has 1 aromatic rings. The average Bonchev–Trinajstić information content (AvgIpc) is 3.12. The molecule has 0 spiro atoms. The fourth-order valence-corrected chi connectivity index (χ4v) is 3.62. The number of pyridine rings is 1. The van der Waals surface area contributed by atoms with Gasteiger partial charge in [0.05, 0.1) is 5.56 Å². The van der Waals surface area contributed by atoms with Crippen LogP contribution in [0.3, 0.4) is 0 Å². The van der Waals surface area contributed by atoms with Gasteiger partial charge in [-0.3, -0.25) is 14.8 Å². The first-order valence-electron chi connectivity index (χ1n) is 9.13. The first-order valence-corrected chi connectivity index (χ1v) is 9.53. The van der Waals surface area contributed by atoms with Crippen molar-refractivity contribution in [2.24, 2.45) is 0 Å². The van der Waals surface area contributed by atoms with E-state index in [-0.39, 0.29) is 5.91 Å². The molecular formula is C19H26N4OS. The van der Waals surface area contributed by atoms with Crippen LogP contribution in [-0.4, -0.2) is 45.7 Å². The number of rotatable bonds is 4. The summed E-state index contributed by atoms with van der Waals surface area (Å²) in [4.78, 5) is 17.0. The van der Waals surface area contributed by atoms with Gasteiger partial charge in [0.15, 0.2) is 5.11 Å². The Bertz CT molecular complexity index is 656. The highest BCUT2D eigenvalue weighted by molar-refractivity contribution is 7.80. The predicted octanol–water partition coefficient (Wildman–Crippen LogP) is 3.22. The molecule has 3 rings (SSSR count). The van der Waals surface area contributed by atoms with Crippen molar-refractivity contribution in [3.8, 4) is 0 Å². The third-order valence-electron chi connectivity index (χ3n) is 4.77. The highest BCUT2D eigenvalue weighted by Crippen LogP contribution is 2.20. The highest BCUT2D eigenvalue weighted by Gasteiger charge is 2.29. The lowest BCUT2D eigenvalue weighted by molar-refractivity contribution is 0.0491. The third-order valence-corrected chi connectivity index (χ3v) is 5.12. The Morgan fingerprint density at radius 1 is 1.24 bits per heavy atom. The molecule has 2 aliphatic rings. The smallest absolute Gasteiger partial charge is 0.274 e. The van der Waals surface area contributed by atoms with Crippen molar-refractivity contribution in [2.75, 3.05) is 19.6 Å². The van der Waals surface area contributed by atoms with Gasteiger partial charge in [0.25, 0.3) is 5.91 Å². The van der Waals surface area contributed by atoms with Crippen LogP contribution >= 0.6 is 12.2 Å². The summed E-state index contributed by atoms with van der Waals surface area (Å²) in [5, 5.41) is 7.60. The summed E-state index contributed by atoms with van der Waals surface area (Å²) in [6.45, 7) is 4.21. The van der Waals surface area contributed by atoms with E-state index in [1.165, 1.54) is 31.3 Å². The maximum absolute atomic E-state index is 12.7. The standard InChI is InChI=1S/C19H26N4OS/c1-15-8-9-17(14-21-15)18(24)22-12-5-13-23(22)19(25)20-11-10-16-6-3-2-4-7-16/h6,8-9,14H,2-5,7,10-13H2,1H3,(H,20,25). The fourth-order valence-electron chi connectivity index (χ4n) is 3.33. The molecule has 1 N–H and O–H groups in total. The van der Waals surface area contributed by atoms with Gasteiger partial charge < -0.3 is 5.32 Å². The van der Waals surface area contributed by atoms with E-state index in [0.717, 1.165) is 31.6 Å². The van der Waals surface area contributed by atoms with E-state index in [2.05, 4.69) is 16.4 Å². The molecule has 0 atom stereocenters. The molecule has 25 heavy (non-hydrogen) atoms. The maximum Gasteiger partial charge on any atom is 0.274 e. The Morgan fingerprint density at radius 3 is 2.80 bits per heavy atom. The van der Waals surface area contributed by atoms with Crippen molar-refractivity contribution in [1.29, 1.82) is 0 Å². The first-order chi connectivity index (χ1) is 12.1. The summed E-state index contributed by atoms with van der Waals surface area (Å²) in [6.07, 6.45) is 11.0.